The normalized spacial score (nSPS) is 13.5. The minimum Gasteiger partial charge on any atom is -0.507 e. The van der Waals surface area contributed by atoms with Crippen LogP contribution < -0.4 is 10.2 Å². The molecule has 0 spiro atoms. The molecule has 4 rings (SSSR count). The molecule has 0 amide bonds. The zero-order valence-electron chi connectivity index (χ0n) is 16.6. The molecular formula is C20H27N7O. The van der Waals surface area contributed by atoms with E-state index in [0.29, 0.717) is 23.2 Å². The van der Waals surface area contributed by atoms with Gasteiger partial charge in [-0.15, -0.1) is 10.2 Å². The predicted molar refractivity (Wildman–Crippen MR) is 110 cm³/mol. The maximum absolute atomic E-state index is 10.3. The number of H-pyrrole nitrogens is 1. The Bertz CT molecular complexity index is 857. The second-order valence-corrected chi connectivity index (χ2v) is 7.00. The van der Waals surface area contributed by atoms with Gasteiger partial charge in [-0.25, -0.2) is 4.98 Å². The third-order valence-corrected chi connectivity index (χ3v) is 4.62. The molecule has 1 fully saturated rings. The van der Waals surface area contributed by atoms with E-state index in [1.165, 1.54) is 12.8 Å². The van der Waals surface area contributed by atoms with Crippen LogP contribution in [-0.4, -0.2) is 56.7 Å². The Morgan fingerprint density at radius 2 is 1.86 bits per heavy atom. The topological polar surface area (TPSA) is 103 Å². The first kappa shape index (κ1) is 19.8. The number of nitrogens with one attached hydrogen (secondary N) is 2. The fourth-order valence-corrected chi connectivity index (χ4v) is 2.79. The summed E-state index contributed by atoms with van der Waals surface area (Å²) in [5.74, 6) is 0.800. The molecule has 3 N–H and O–H groups in total. The third-order valence-electron chi connectivity index (χ3n) is 4.62. The molecule has 0 radical (unpaired) electrons. The van der Waals surface area contributed by atoms with E-state index in [1.54, 1.807) is 24.7 Å². The Kier molecular flexibility index (Phi) is 6.54. The summed E-state index contributed by atoms with van der Waals surface area (Å²) in [6, 6.07) is 6.06. The summed E-state index contributed by atoms with van der Waals surface area (Å²) in [4.78, 5) is 6.50. The number of aromatic amines is 1. The summed E-state index contributed by atoms with van der Waals surface area (Å²) in [7, 11) is 1.95. The quantitative estimate of drug-likeness (QED) is 0.638. The van der Waals surface area contributed by atoms with E-state index in [4.69, 9.17) is 0 Å². The first-order chi connectivity index (χ1) is 13.6. The lowest BCUT2D eigenvalue weighted by Gasteiger charge is -2.14. The number of hydrogen-bond acceptors (Lipinski definition) is 7. The van der Waals surface area contributed by atoms with Crippen LogP contribution in [0.4, 0.5) is 5.95 Å². The first-order valence-electron chi connectivity index (χ1n) is 9.53. The van der Waals surface area contributed by atoms with Crippen LogP contribution in [0, 0.1) is 0 Å². The zero-order valence-corrected chi connectivity index (χ0v) is 16.6. The summed E-state index contributed by atoms with van der Waals surface area (Å²) < 4.78 is 0. The predicted octanol–water partition coefficient (Wildman–Crippen LogP) is 2.85. The standard InChI is InChI=1S/C16H16N6O.C4H11N/c23-15-7-11(12-8-18-19-9-12)3-4-13(15)14-10-17-16(21-20-14)22-5-1-2-6-22;1-4(2)5-3/h3-4,7-10,23H,1-2,5-6H2,(H,18,19);4-5H,1-3H3. The van der Waals surface area contributed by atoms with Crippen molar-refractivity contribution in [2.24, 2.45) is 0 Å². The minimum atomic E-state index is 0.147. The molecule has 1 aromatic carbocycles. The number of phenolic OH excluding ortho intramolecular Hbond substituents is 1. The summed E-state index contributed by atoms with van der Waals surface area (Å²) >= 11 is 0. The number of hydrogen-bond donors (Lipinski definition) is 3. The highest BCUT2D eigenvalue weighted by atomic mass is 16.3. The summed E-state index contributed by atoms with van der Waals surface area (Å²) in [6.45, 7) is 6.18. The Labute approximate surface area is 165 Å². The van der Waals surface area contributed by atoms with E-state index in [9.17, 15) is 5.11 Å². The first-order valence-corrected chi connectivity index (χ1v) is 9.53. The molecule has 8 nitrogen and oxygen atoms in total. The molecule has 8 heteroatoms. The summed E-state index contributed by atoms with van der Waals surface area (Å²) in [5.41, 5.74) is 2.98. The molecular weight excluding hydrogens is 354 g/mol. The zero-order chi connectivity index (χ0) is 19.9. The summed E-state index contributed by atoms with van der Waals surface area (Å²) in [5, 5.41) is 28.4. The van der Waals surface area contributed by atoms with E-state index in [1.807, 2.05) is 19.2 Å². The molecule has 28 heavy (non-hydrogen) atoms. The highest BCUT2D eigenvalue weighted by molar-refractivity contribution is 5.73. The van der Waals surface area contributed by atoms with Gasteiger partial charge in [0, 0.05) is 36.5 Å². The van der Waals surface area contributed by atoms with E-state index < -0.39 is 0 Å². The van der Waals surface area contributed by atoms with Gasteiger partial charge in [-0.05, 0) is 37.6 Å². The maximum atomic E-state index is 10.3. The molecule has 1 aliphatic rings. The molecule has 1 saturated heterocycles. The van der Waals surface area contributed by atoms with Crippen molar-refractivity contribution in [3.8, 4) is 28.1 Å². The van der Waals surface area contributed by atoms with Gasteiger partial charge in [0.1, 0.15) is 11.4 Å². The lowest BCUT2D eigenvalue weighted by atomic mass is 10.0. The van der Waals surface area contributed by atoms with Crippen molar-refractivity contribution in [3.63, 3.8) is 0 Å². The fourth-order valence-electron chi connectivity index (χ4n) is 2.79. The Morgan fingerprint density at radius 3 is 2.39 bits per heavy atom. The molecule has 3 aromatic rings. The number of benzene rings is 1. The van der Waals surface area contributed by atoms with Crippen LogP contribution in [0.25, 0.3) is 22.4 Å². The second kappa shape index (κ2) is 9.27. The molecule has 148 valence electrons. The molecule has 0 saturated carbocycles. The van der Waals surface area contributed by atoms with Crippen molar-refractivity contribution < 1.29 is 5.11 Å². The smallest absolute Gasteiger partial charge is 0.245 e. The van der Waals surface area contributed by atoms with E-state index in [0.717, 1.165) is 24.2 Å². The number of phenols is 1. The van der Waals surface area contributed by atoms with Gasteiger partial charge >= 0.3 is 0 Å². The number of aromatic nitrogens is 5. The molecule has 0 atom stereocenters. The van der Waals surface area contributed by atoms with Gasteiger partial charge in [0.15, 0.2) is 0 Å². The lowest BCUT2D eigenvalue weighted by molar-refractivity contribution is 0.477. The molecule has 2 aromatic heterocycles. The van der Waals surface area contributed by atoms with E-state index in [2.05, 4.69) is 49.4 Å². The maximum Gasteiger partial charge on any atom is 0.245 e. The number of anilines is 1. The molecule has 0 bridgehead atoms. The second-order valence-electron chi connectivity index (χ2n) is 7.00. The van der Waals surface area contributed by atoms with Gasteiger partial charge < -0.3 is 15.3 Å². The van der Waals surface area contributed by atoms with E-state index >= 15 is 0 Å². The van der Waals surface area contributed by atoms with Crippen LogP contribution in [0.15, 0.2) is 36.8 Å². The minimum absolute atomic E-state index is 0.147. The average molecular weight is 381 g/mol. The van der Waals surface area contributed by atoms with Gasteiger partial charge in [0.05, 0.1) is 12.4 Å². The summed E-state index contributed by atoms with van der Waals surface area (Å²) in [6.07, 6.45) is 7.48. The fraction of sp³-hybridized carbons (Fsp3) is 0.400. The Morgan fingerprint density at radius 1 is 1.11 bits per heavy atom. The van der Waals surface area contributed by atoms with Gasteiger partial charge in [-0.3, -0.25) is 5.10 Å². The van der Waals surface area contributed by atoms with Gasteiger partial charge in [0.25, 0.3) is 0 Å². The third kappa shape index (κ3) is 4.83. The monoisotopic (exact) mass is 381 g/mol. The molecule has 1 aliphatic heterocycles. The average Bonchev–Trinajstić information content (AvgIpc) is 3.43. The van der Waals surface area contributed by atoms with Crippen molar-refractivity contribution in [1.29, 1.82) is 0 Å². The van der Waals surface area contributed by atoms with Crippen molar-refractivity contribution >= 4 is 5.95 Å². The largest absolute Gasteiger partial charge is 0.507 e. The van der Waals surface area contributed by atoms with Crippen molar-refractivity contribution in [2.45, 2.75) is 32.7 Å². The number of nitrogens with zero attached hydrogens (tertiary/aromatic N) is 5. The van der Waals surface area contributed by atoms with Crippen LogP contribution in [0.5, 0.6) is 5.75 Å². The van der Waals surface area contributed by atoms with Gasteiger partial charge in [0.2, 0.25) is 5.95 Å². The van der Waals surface area contributed by atoms with Crippen molar-refractivity contribution in [3.05, 3.63) is 36.8 Å². The highest BCUT2D eigenvalue weighted by Gasteiger charge is 2.16. The van der Waals surface area contributed by atoms with Crippen LogP contribution in [-0.2, 0) is 0 Å². The van der Waals surface area contributed by atoms with Crippen LogP contribution >= 0.6 is 0 Å². The molecule has 0 aliphatic carbocycles. The van der Waals surface area contributed by atoms with E-state index in [-0.39, 0.29) is 5.75 Å². The van der Waals surface area contributed by atoms with Gasteiger partial charge in [-0.2, -0.15) is 5.10 Å². The molecule has 3 heterocycles. The highest BCUT2D eigenvalue weighted by Crippen LogP contribution is 2.31. The SMILES string of the molecule is CNC(C)C.Oc1cc(-c2cn[nH]c2)ccc1-c1cnc(N2CCCC2)nn1. The van der Waals surface area contributed by atoms with Gasteiger partial charge in [-0.1, -0.05) is 19.9 Å². The van der Waals surface area contributed by atoms with Crippen LogP contribution in [0.2, 0.25) is 0 Å². The van der Waals surface area contributed by atoms with Crippen LogP contribution in [0.3, 0.4) is 0 Å². The molecule has 0 unspecified atom stereocenters. The number of aromatic hydroxyl groups is 1. The van der Waals surface area contributed by atoms with Crippen molar-refractivity contribution in [1.82, 2.24) is 30.7 Å². The van der Waals surface area contributed by atoms with Crippen LogP contribution in [0.1, 0.15) is 26.7 Å². The number of rotatable bonds is 4. The Balaban J connectivity index is 0.000000403. The van der Waals surface area contributed by atoms with Crippen molar-refractivity contribution in [2.75, 3.05) is 25.0 Å². The Hall–Kier alpha value is -3.00. The lowest BCUT2D eigenvalue weighted by Crippen LogP contribution is -2.20.